The lowest BCUT2D eigenvalue weighted by atomic mass is 10.1. The number of aliphatic carboxylic acids is 1. The zero-order valence-electron chi connectivity index (χ0n) is 10.6. The van der Waals surface area contributed by atoms with Gasteiger partial charge >= 0.3 is 12.0 Å². The summed E-state index contributed by atoms with van der Waals surface area (Å²) in [4.78, 5) is 24.2. The molecule has 0 aliphatic carbocycles. The molecule has 1 atom stereocenters. The van der Waals surface area contributed by atoms with Crippen molar-refractivity contribution in [1.82, 2.24) is 10.2 Å². The Morgan fingerprint density at radius 2 is 1.94 bits per heavy atom. The highest BCUT2D eigenvalue weighted by atomic mass is 16.4. The SMILES string of the molecule is CCN(CCCO)C(=O)NC(C(=O)O)C(C)C. The summed E-state index contributed by atoms with van der Waals surface area (Å²) >= 11 is 0. The van der Waals surface area contributed by atoms with Crippen LogP contribution in [0.5, 0.6) is 0 Å². The number of nitrogens with one attached hydrogen (secondary N) is 1. The Kier molecular flexibility index (Phi) is 7.29. The largest absolute Gasteiger partial charge is 0.480 e. The lowest BCUT2D eigenvalue weighted by molar-refractivity contribution is -0.140. The molecule has 6 nitrogen and oxygen atoms in total. The Morgan fingerprint density at radius 3 is 2.29 bits per heavy atom. The number of hydrogen-bond donors (Lipinski definition) is 3. The number of aliphatic hydroxyl groups excluding tert-OH is 1. The molecule has 100 valence electrons. The summed E-state index contributed by atoms with van der Waals surface area (Å²) in [5.74, 6) is -1.21. The van der Waals surface area contributed by atoms with Crippen molar-refractivity contribution >= 4 is 12.0 Å². The van der Waals surface area contributed by atoms with E-state index in [1.165, 1.54) is 4.90 Å². The first-order valence-corrected chi connectivity index (χ1v) is 5.83. The first-order chi connectivity index (χ1) is 7.93. The van der Waals surface area contributed by atoms with Gasteiger partial charge in [0.25, 0.3) is 0 Å². The van der Waals surface area contributed by atoms with E-state index in [9.17, 15) is 9.59 Å². The van der Waals surface area contributed by atoms with Crippen molar-refractivity contribution in [3.63, 3.8) is 0 Å². The number of aliphatic hydroxyl groups is 1. The number of hydrogen-bond acceptors (Lipinski definition) is 3. The minimum Gasteiger partial charge on any atom is -0.480 e. The number of rotatable bonds is 7. The molecule has 0 aromatic rings. The third-order valence-electron chi connectivity index (χ3n) is 2.47. The van der Waals surface area contributed by atoms with Gasteiger partial charge in [-0.25, -0.2) is 9.59 Å². The smallest absolute Gasteiger partial charge is 0.326 e. The van der Waals surface area contributed by atoms with Gasteiger partial charge in [0, 0.05) is 19.7 Å². The fourth-order valence-corrected chi connectivity index (χ4v) is 1.40. The molecule has 0 aromatic carbocycles. The molecule has 0 bridgehead atoms. The Bertz CT molecular complexity index is 256. The molecule has 0 aliphatic rings. The summed E-state index contributed by atoms with van der Waals surface area (Å²) in [6.45, 7) is 6.20. The second-order valence-electron chi connectivity index (χ2n) is 4.17. The quantitative estimate of drug-likeness (QED) is 0.610. The van der Waals surface area contributed by atoms with E-state index >= 15 is 0 Å². The number of carbonyl (C=O) groups excluding carboxylic acids is 1. The van der Waals surface area contributed by atoms with Crippen molar-refractivity contribution in [3.8, 4) is 0 Å². The van der Waals surface area contributed by atoms with Crippen molar-refractivity contribution in [2.75, 3.05) is 19.7 Å². The highest BCUT2D eigenvalue weighted by molar-refractivity contribution is 5.82. The Morgan fingerprint density at radius 1 is 1.35 bits per heavy atom. The van der Waals surface area contributed by atoms with Gasteiger partial charge in [0.15, 0.2) is 0 Å². The summed E-state index contributed by atoms with van der Waals surface area (Å²) in [5.41, 5.74) is 0. The van der Waals surface area contributed by atoms with Crippen LogP contribution in [0.4, 0.5) is 4.79 Å². The molecule has 3 N–H and O–H groups in total. The van der Waals surface area contributed by atoms with Crippen molar-refractivity contribution < 1.29 is 19.8 Å². The molecule has 2 amide bonds. The predicted octanol–water partition coefficient (Wildman–Crippen LogP) is 0.509. The first kappa shape index (κ1) is 15.7. The molecule has 17 heavy (non-hydrogen) atoms. The third-order valence-corrected chi connectivity index (χ3v) is 2.47. The van der Waals surface area contributed by atoms with Gasteiger partial charge in [-0.1, -0.05) is 13.8 Å². The van der Waals surface area contributed by atoms with Crippen LogP contribution in [-0.2, 0) is 4.79 Å². The van der Waals surface area contributed by atoms with Crippen LogP contribution < -0.4 is 5.32 Å². The third kappa shape index (κ3) is 5.53. The van der Waals surface area contributed by atoms with Gasteiger partial charge in [-0.3, -0.25) is 0 Å². The molecule has 0 spiro atoms. The van der Waals surface area contributed by atoms with Crippen LogP contribution in [0.1, 0.15) is 27.2 Å². The molecule has 0 fully saturated rings. The van der Waals surface area contributed by atoms with E-state index in [1.54, 1.807) is 13.8 Å². The van der Waals surface area contributed by atoms with Gasteiger partial charge in [-0.15, -0.1) is 0 Å². The van der Waals surface area contributed by atoms with Crippen LogP contribution in [0.2, 0.25) is 0 Å². The normalized spacial score (nSPS) is 12.3. The minimum atomic E-state index is -1.04. The summed E-state index contributed by atoms with van der Waals surface area (Å²) in [5, 5.41) is 20.1. The molecular formula is C11H22N2O4. The Hall–Kier alpha value is -1.30. The maximum absolute atomic E-state index is 11.8. The molecule has 0 rings (SSSR count). The van der Waals surface area contributed by atoms with E-state index in [4.69, 9.17) is 10.2 Å². The van der Waals surface area contributed by atoms with Crippen molar-refractivity contribution in [2.24, 2.45) is 5.92 Å². The topological polar surface area (TPSA) is 89.9 Å². The van der Waals surface area contributed by atoms with Gasteiger partial charge in [0.05, 0.1) is 0 Å². The maximum atomic E-state index is 11.8. The lowest BCUT2D eigenvalue weighted by Crippen LogP contribution is -2.50. The van der Waals surface area contributed by atoms with Gasteiger partial charge in [0.2, 0.25) is 0 Å². The average molecular weight is 246 g/mol. The molecule has 6 heteroatoms. The van der Waals surface area contributed by atoms with Crippen molar-refractivity contribution in [2.45, 2.75) is 33.2 Å². The highest BCUT2D eigenvalue weighted by Gasteiger charge is 2.25. The van der Waals surface area contributed by atoms with E-state index in [0.717, 1.165) is 0 Å². The van der Waals surface area contributed by atoms with E-state index in [2.05, 4.69) is 5.32 Å². The van der Waals surface area contributed by atoms with E-state index < -0.39 is 18.0 Å². The second kappa shape index (κ2) is 7.89. The average Bonchev–Trinajstić information content (AvgIpc) is 2.26. The van der Waals surface area contributed by atoms with Gasteiger partial charge in [-0.05, 0) is 19.3 Å². The highest BCUT2D eigenvalue weighted by Crippen LogP contribution is 2.03. The van der Waals surface area contributed by atoms with Crippen LogP contribution in [0.3, 0.4) is 0 Å². The molecule has 0 radical (unpaired) electrons. The van der Waals surface area contributed by atoms with Crippen LogP contribution in [0.15, 0.2) is 0 Å². The second-order valence-corrected chi connectivity index (χ2v) is 4.17. The molecule has 0 saturated carbocycles. The maximum Gasteiger partial charge on any atom is 0.326 e. The van der Waals surface area contributed by atoms with E-state index in [-0.39, 0.29) is 12.5 Å². The summed E-state index contributed by atoms with van der Waals surface area (Å²) in [7, 11) is 0. The zero-order chi connectivity index (χ0) is 13.4. The first-order valence-electron chi connectivity index (χ1n) is 5.83. The Balaban J connectivity index is 4.41. The van der Waals surface area contributed by atoms with E-state index in [0.29, 0.717) is 19.5 Å². The van der Waals surface area contributed by atoms with Gasteiger partial charge in [0.1, 0.15) is 6.04 Å². The standard InChI is InChI=1S/C11H22N2O4/c1-4-13(6-5-7-14)11(17)12-9(8(2)3)10(15)16/h8-9,14H,4-7H2,1-3H3,(H,12,17)(H,15,16). The monoisotopic (exact) mass is 246 g/mol. The number of nitrogens with zero attached hydrogens (tertiary/aromatic N) is 1. The van der Waals surface area contributed by atoms with E-state index in [1.807, 2.05) is 6.92 Å². The molecule has 0 saturated heterocycles. The summed E-state index contributed by atoms with van der Waals surface area (Å²) in [6, 6.07) is -1.28. The number of carbonyl (C=O) groups is 2. The van der Waals surface area contributed by atoms with Crippen LogP contribution in [0.25, 0.3) is 0 Å². The van der Waals surface area contributed by atoms with Crippen LogP contribution >= 0.6 is 0 Å². The van der Waals surface area contributed by atoms with Crippen LogP contribution in [-0.4, -0.2) is 52.9 Å². The number of urea groups is 1. The molecule has 0 heterocycles. The fourth-order valence-electron chi connectivity index (χ4n) is 1.40. The molecule has 0 aliphatic heterocycles. The summed E-state index contributed by atoms with van der Waals surface area (Å²) in [6.07, 6.45) is 0.487. The molecule has 0 aromatic heterocycles. The fraction of sp³-hybridized carbons (Fsp3) is 0.818. The lowest BCUT2D eigenvalue weighted by Gasteiger charge is -2.25. The van der Waals surface area contributed by atoms with Crippen molar-refractivity contribution in [3.05, 3.63) is 0 Å². The minimum absolute atomic E-state index is 0.0102. The number of carboxylic acid groups (broad SMARTS) is 1. The van der Waals surface area contributed by atoms with Gasteiger partial charge in [-0.2, -0.15) is 0 Å². The molecule has 1 unspecified atom stereocenters. The molecular weight excluding hydrogens is 224 g/mol. The van der Waals surface area contributed by atoms with Gasteiger partial charge < -0.3 is 20.4 Å². The predicted molar refractivity (Wildman–Crippen MR) is 63.7 cm³/mol. The van der Waals surface area contributed by atoms with Crippen molar-refractivity contribution in [1.29, 1.82) is 0 Å². The number of amides is 2. The Labute approximate surface area is 102 Å². The van der Waals surface area contributed by atoms with Crippen LogP contribution in [0, 0.1) is 5.92 Å². The number of carboxylic acids is 1. The summed E-state index contributed by atoms with van der Waals surface area (Å²) < 4.78 is 0. The zero-order valence-corrected chi connectivity index (χ0v) is 10.6.